The molecule has 0 aliphatic rings. The number of imidazole rings is 1. The summed E-state index contributed by atoms with van der Waals surface area (Å²) in [5.41, 5.74) is -2.16. The second-order valence-electron chi connectivity index (χ2n) is 6.68. The molecule has 0 aliphatic heterocycles. The first-order valence-corrected chi connectivity index (χ1v) is 9.39. The molecule has 2 aromatic heterocycles. The monoisotopic (exact) mass is 493 g/mol. The van der Waals surface area contributed by atoms with Crippen molar-refractivity contribution in [3.63, 3.8) is 0 Å². The molecule has 0 aliphatic carbocycles. The van der Waals surface area contributed by atoms with Gasteiger partial charge in [0.2, 0.25) is 0 Å². The lowest BCUT2D eigenvalue weighted by atomic mass is 10.1. The second kappa shape index (κ2) is 7.63. The molecule has 0 bridgehead atoms. The first-order valence-electron chi connectivity index (χ1n) is 8.64. The van der Waals surface area contributed by atoms with Gasteiger partial charge in [-0.1, -0.05) is 29.3 Å². The number of H-pyrrole nitrogens is 1. The van der Waals surface area contributed by atoms with Crippen molar-refractivity contribution in [3.8, 4) is 22.6 Å². The number of aromatic amines is 1. The minimum absolute atomic E-state index is 0.0191. The van der Waals surface area contributed by atoms with Gasteiger partial charge in [-0.2, -0.15) is 26.3 Å². The summed E-state index contributed by atoms with van der Waals surface area (Å²) in [4.78, 5) is 10.3. The summed E-state index contributed by atoms with van der Waals surface area (Å²) < 4.78 is 92.1. The van der Waals surface area contributed by atoms with E-state index in [4.69, 9.17) is 23.2 Å². The molecule has 0 spiro atoms. The summed E-state index contributed by atoms with van der Waals surface area (Å²) in [6, 6.07) is 5.76. The lowest BCUT2D eigenvalue weighted by molar-refractivity contribution is -0.138. The van der Waals surface area contributed by atoms with Gasteiger partial charge in [0.05, 0.1) is 37.9 Å². The molecule has 4 rings (SSSR count). The first kappa shape index (κ1) is 22.3. The maximum atomic E-state index is 14.8. The number of nitrogens with zero attached hydrogens (tertiary/aromatic N) is 2. The van der Waals surface area contributed by atoms with E-state index < -0.39 is 29.3 Å². The SMILES string of the molecule is Fc1cc(-c2ncc(C(F)(F)F)cc2Cl)ccc1-c1nc2c(Cl)cc(C(F)(F)F)cc2[nH]1. The Balaban J connectivity index is 1.74. The third kappa shape index (κ3) is 4.12. The third-order valence-corrected chi connectivity index (χ3v) is 5.11. The molecule has 2 heterocycles. The highest BCUT2D eigenvalue weighted by Gasteiger charge is 2.33. The minimum Gasteiger partial charge on any atom is -0.338 e. The Morgan fingerprint density at radius 2 is 1.47 bits per heavy atom. The highest BCUT2D eigenvalue weighted by Crippen LogP contribution is 2.37. The molecule has 166 valence electrons. The van der Waals surface area contributed by atoms with Gasteiger partial charge in [-0.15, -0.1) is 0 Å². The van der Waals surface area contributed by atoms with E-state index in [1.54, 1.807) is 0 Å². The highest BCUT2D eigenvalue weighted by molar-refractivity contribution is 6.35. The predicted molar refractivity (Wildman–Crippen MR) is 105 cm³/mol. The topological polar surface area (TPSA) is 41.6 Å². The van der Waals surface area contributed by atoms with Crippen molar-refractivity contribution in [3.05, 3.63) is 69.6 Å². The van der Waals surface area contributed by atoms with Crippen LogP contribution in [0.25, 0.3) is 33.7 Å². The Labute approximate surface area is 184 Å². The second-order valence-corrected chi connectivity index (χ2v) is 7.50. The standard InChI is InChI=1S/C20H8Cl2F7N3/c21-12-5-10(20(27,28)29)7-30-16(12)8-1-2-11(14(23)3-8)18-31-15-6-9(19(24,25)26)4-13(22)17(15)32-18/h1-7H,(H,31,32). The van der Waals surface area contributed by atoms with Gasteiger partial charge in [0.1, 0.15) is 17.2 Å². The van der Waals surface area contributed by atoms with E-state index >= 15 is 0 Å². The average molecular weight is 494 g/mol. The molecular formula is C20H8Cl2F7N3. The van der Waals surface area contributed by atoms with Gasteiger partial charge in [0.25, 0.3) is 0 Å². The number of hydrogen-bond acceptors (Lipinski definition) is 2. The fourth-order valence-electron chi connectivity index (χ4n) is 3.03. The van der Waals surface area contributed by atoms with Crippen molar-refractivity contribution in [1.29, 1.82) is 0 Å². The lowest BCUT2D eigenvalue weighted by Gasteiger charge is -2.10. The summed E-state index contributed by atoms with van der Waals surface area (Å²) in [5, 5.41) is -0.600. The summed E-state index contributed by atoms with van der Waals surface area (Å²) in [6.45, 7) is 0. The zero-order valence-electron chi connectivity index (χ0n) is 15.3. The normalized spacial score (nSPS) is 12.5. The number of nitrogens with one attached hydrogen (secondary N) is 1. The number of halogens is 9. The van der Waals surface area contributed by atoms with Gasteiger partial charge in [-0.3, -0.25) is 4.98 Å². The number of rotatable bonds is 2. The molecule has 0 atom stereocenters. The Hall–Kier alpha value is -2.85. The van der Waals surface area contributed by atoms with E-state index in [1.807, 2.05) is 0 Å². The van der Waals surface area contributed by atoms with Crippen molar-refractivity contribution < 1.29 is 30.7 Å². The molecule has 0 fully saturated rings. The number of pyridine rings is 1. The van der Waals surface area contributed by atoms with Crippen LogP contribution in [0.5, 0.6) is 0 Å². The number of alkyl halides is 6. The van der Waals surface area contributed by atoms with Crippen LogP contribution in [0.3, 0.4) is 0 Å². The molecule has 4 aromatic rings. The van der Waals surface area contributed by atoms with Crippen LogP contribution in [-0.4, -0.2) is 15.0 Å². The predicted octanol–water partition coefficient (Wildman–Crippen LogP) is 7.78. The number of hydrogen-bond donors (Lipinski definition) is 1. The Morgan fingerprint density at radius 1 is 0.812 bits per heavy atom. The largest absolute Gasteiger partial charge is 0.417 e. The Bertz CT molecular complexity index is 1340. The van der Waals surface area contributed by atoms with Crippen LogP contribution in [0.2, 0.25) is 10.0 Å². The number of benzene rings is 2. The van der Waals surface area contributed by atoms with Crippen LogP contribution in [0.1, 0.15) is 11.1 Å². The van der Waals surface area contributed by atoms with Crippen LogP contribution in [0.4, 0.5) is 30.7 Å². The Morgan fingerprint density at radius 3 is 2.06 bits per heavy atom. The van der Waals surface area contributed by atoms with Crippen LogP contribution in [0, 0.1) is 5.82 Å². The maximum Gasteiger partial charge on any atom is 0.417 e. The summed E-state index contributed by atoms with van der Waals surface area (Å²) in [5.74, 6) is -0.941. The van der Waals surface area contributed by atoms with Crippen LogP contribution in [0.15, 0.2) is 42.6 Å². The maximum absolute atomic E-state index is 14.8. The van der Waals surface area contributed by atoms with Crippen molar-refractivity contribution in [2.24, 2.45) is 0 Å². The molecular weight excluding hydrogens is 486 g/mol. The van der Waals surface area contributed by atoms with E-state index in [2.05, 4.69) is 15.0 Å². The molecule has 12 heteroatoms. The van der Waals surface area contributed by atoms with E-state index in [0.29, 0.717) is 18.3 Å². The third-order valence-electron chi connectivity index (χ3n) is 4.53. The van der Waals surface area contributed by atoms with Gasteiger partial charge in [0.15, 0.2) is 0 Å². The number of aromatic nitrogens is 3. The molecule has 32 heavy (non-hydrogen) atoms. The molecule has 0 amide bonds. The van der Waals surface area contributed by atoms with Crippen molar-refractivity contribution in [1.82, 2.24) is 15.0 Å². The smallest absolute Gasteiger partial charge is 0.338 e. The fourth-order valence-corrected chi connectivity index (χ4v) is 3.56. The molecule has 0 saturated carbocycles. The van der Waals surface area contributed by atoms with Crippen molar-refractivity contribution in [2.45, 2.75) is 12.4 Å². The van der Waals surface area contributed by atoms with Gasteiger partial charge in [-0.25, -0.2) is 9.37 Å². The lowest BCUT2D eigenvalue weighted by Crippen LogP contribution is -2.05. The summed E-state index contributed by atoms with van der Waals surface area (Å²) in [7, 11) is 0. The van der Waals surface area contributed by atoms with Crippen LogP contribution < -0.4 is 0 Å². The number of fused-ring (bicyclic) bond motifs is 1. The van der Waals surface area contributed by atoms with E-state index in [0.717, 1.165) is 12.1 Å². The van der Waals surface area contributed by atoms with E-state index in [-0.39, 0.29) is 43.7 Å². The summed E-state index contributed by atoms with van der Waals surface area (Å²) >= 11 is 11.8. The highest BCUT2D eigenvalue weighted by atomic mass is 35.5. The molecule has 3 nitrogen and oxygen atoms in total. The van der Waals surface area contributed by atoms with Crippen LogP contribution >= 0.6 is 23.2 Å². The molecule has 0 saturated heterocycles. The van der Waals surface area contributed by atoms with E-state index in [1.165, 1.54) is 12.1 Å². The van der Waals surface area contributed by atoms with E-state index in [9.17, 15) is 30.7 Å². The fraction of sp³-hybridized carbons (Fsp3) is 0.100. The van der Waals surface area contributed by atoms with Gasteiger partial charge >= 0.3 is 12.4 Å². The summed E-state index contributed by atoms with van der Waals surface area (Å²) in [6.07, 6.45) is -8.70. The average Bonchev–Trinajstić information content (AvgIpc) is 3.11. The van der Waals surface area contributed by atoms with Crippen molar-refractivity contribution >= 4 is 34.2 Å². The molecule has 0 radical (unpaired) electrons. The van der Waals surface area contributed by atoms with Crippen molar-refractivity contribution in [2.75, 3.05) is 0 Å². The minimum atomic E-state index is -4.64. The molecule has 1 N–H and O–H groups in total. The molecule has 0 unspecified atom stereocenters. The van der Waals surface area contributed by atoms with Gasteiger partial charge in [-0.05, 0) is 30.3 Å². The zero-order valence-corrected chi connectivity index (χ0v) is 16.8. The van der Waals surface area contributed by atoms with Gasteiger partial charge < -0.3 is 4.98 Å². The van der Waals surface area contributed by atoms with Gasteiger partial charge in [0, 0.05) is 11.8 Å². The first-order chi connectivity index (χ1) is 14.8. The quantitative estimate of drug-likeness (QED) is 0.289. The molecule has 2 aromatic carbocycles. The zero-order chi connectivity index (χ0) is 23.4. The van der Waals surface area contributed by atoms with Crippen LogP contribution in [-0.2, 0) is 12.4 Å². The Kier molecular flexibility index (Phi) is 5.33.